The van der Waals surface area contributed by atoms with Gasteiger partial charge in [-0.1, -0.05) is 55.3 Å². The van der Waals surface area contributed by atoms with Crippen LogP contribution in [0.5, 0.6) is 0 Å². The minimum atomic E-state index is -1.42. The van der Waals surface area contributed by atoms with E-state index in [0.29, 0.717) is 19.1 Å². The molecule has 1 heterocycles. The van der Waals surface area contributed by atoms with Crippen LogP contribution in [-0.2, 0) is 16.8 Å². The van der Waals surface area contributed by atoms with Gasteiger partial charge in [0.05, 0.1) is 26.7 Å². The van der Waals surface area contributed by atoms with Crippen molar-refractivity contribution >= 4 is 5.91 Å². The van der Waals surface area contributed by atoms with Crippen LogP contribution in [0, 0.1) is 11.7 Å². The van der Waals surface area contributed by atoms with E-state index in [2.05, 4.69) is 14.1 Å². The monoisotopic (exact) mass is 453 g/mol. The Morgan fingerprint density at radius 2 is 1.70 bits per heavy atom. The van der Waals surface area contributed by atoms with Crippen LogP contribution in [0.4, 0.5) is 4.39 Å². The van der Waals surface area contributed by atoms with Crippen LogP contribution in [-0.4, -0.2) is 60.2 Å². The topological polar surface area (TPSA) is 40.5 Å². The first kappa shape index (κ1) is 23.9. The van der Waals surface area contributed by atoms with Crippen molar-refractivity contribution in [1.29, 1.82) is 0 Å². The molecule has 0 radical (unpaired) electrons. The van der Waals surface area contributed by atoms with Crippen LogP contribution in [0.2, 0.25) is 0 Å². The molecular formula is C28H38FN2O2+. The van der Waals surface area contributed by atoms with E-state index in [4.69, 9.17) is 0 Å². The summed E-state index contributed by atoms with van der Waals surface area (Å²) >= 11 is 0. The zero-order valence-corrected chi connectivity index (χ0v) is 20.0. The maximum atomic E-state index is 13.7. The summed E-state index contributed by atoms with van der Waals surface area (Å²) in [6, 6.07) is 16.8. The normalized spacial score (nSPS) is 20.1. The number of hydrogen-bond donors (Lipinski definition) is 1. The van der Waals surface area contributed by atoms with E-state index in [0.717, 1.165) is 67.1 Å². The van der Waals surface area contributed by atoms with E-state index in [9.17, 15) is 14.3 Å². The SMILES string of the molecule is C[N+](C)(CCc1cccc(F)c1)C1CCN(C(=O)C(O)(c2ccccc2)C2CCCC2)CC1. The number of piperidine rings is 1. The summed E-state index contributed by atoms with van der Waals surface area (Å²) in [5.74, 6) is -0.314. The van der Waals surface area contributed by atoms with Crippen LogP contribution in [0.1, 0.15) is 49.7 Å². The molecule has 2 aromatic rings. The Morgan fingerprint density at radius 1 is 1.03 bits per heavy atom. The average Bonchev–Trinajstić information content (AvgIpc) is 3.38. The lowest BCUT2D eigenvalue weighted by atomic mass is 9.78. The maximum Gasteiger partial charge on any atom is 0.259 e. The van der Waals surface area contributed by atoms with Crippen molar-refractivity contribution in [3.8, 4) is 0 Å². The molecule has 0 spiro atoms. The van der Waals surface area contributed by atoms with E-state index in [1.807, 2.05) is 41.3 Å². The predicted molar refractivity (Wildman–Crippen MR) is 129 cm³/mol. The second-order valence-electron chi connectivity index (χ2n) is 10.5. The summed E-state index contributed by atoms with van der Waals surface area (Å²) < 4.78 is 14.4. The van der Waals surface area contributed by atoms with Gasteiger partial charge < -0.3 is 14.5 Å². The van der Waals surface area contributed by atoms with E-state index in [1.54, 1.807) is 12.1 Å². The van der Waals surface area contributed by atoms with Crippen LogP contribution >= 0.6 is 0 Å². The number of halogens is 1. The molecule has 4 nitrogen and oxygen atoms in total. The first-order valence-corrected chi connectivity index (χ1v) is 12.4. The smallest absolute Gasteiger partial charge is 0.259 e. The number of rotatable bonds is 7. The minimum absolute atomic E-state index is 0.0105. The number of carbonyl (C=O) groups is 1. The molecule has 2 aliphatic rings. The quantitative estimate of drug-likeness (QED) is 0.627. The average molecular weight is 454 g/mol. The highest BCUT2D eigenvalue weighted by molar-refractivity contribution is 5.87. The molecule has 1 aliphatic heterocycles. The zero-order chi connectivity index (χ0) is 23.5. The summed E-state index contributed by atoms with van der Waals surface area (Å²) in [4.78, 5) is 15.6. The summed E-state index contributed by atoms with van der Waals surface area (Å²) in [5.41, 5.74) is 0.334. The molecule has 1 saturated heterocycles. The molecule has 1 unspecified atom stereocenters. The third-order valence-corrected chi connectivity index (χ3v) is 8.09. The zero-order valence-electron chi connectivity index (χ0n) is 20.0. The molecule has 2 fully saturated rings. The Kier molecular flexibility index (Phi) is 7.20. The number of benzene rings is 2. The van der Waals surface area contributed by atoms with Crippen molar-refractivity contribution in [3.63, 3.8) is 0 Å². The lowest BCUT2D eigenvalue weighted by Crippen LogP contribution is -2.58. The molecule has 33 heavy (non-hydrogen) atoms. The van der Waals surface area contributed by atoms with Gasteiger partial charge in [0.15, 0.2) is 5.60 Å². The van der Waals surface area contributed by atoms with E-state index >= 15 is 0 Å². The van der Waals surface area contributed by atoms with Crippen LogP contribution in [0.3, 0.4) is 0 Å². The van der Waals surface area contributed by atoms with Gasteiger partial charge in [0.25, 0.3) is 5.91 Å². The Balaban J connectivity index is 1.41. The van der Waals surface area contributed by atoms with Crippen LogP contribution in [0.15, 0.2) is 54.6 Å². The standard InChI is InChI=1S/C28H38FN2O2/c1-31(2,20-17-22-9-8-14-25(29)21-22)26-15-18-30(19-16-26)27(32)28(33,24-12-6-7-13-24)23-10-4-3-5-11-23/h3-5,8-11,14,21,24,26,33H,6-7,12-13,15-20H2,1-2H3/q+1. The Bertz CT molecular complexity index is 934. The molecule has 1 saturated carbocycles. The molecule has 0 aromatic heterocycles. The number of likely N-dealkylation sites (tertiary alicyclic amines) is 1. The third kappa shape index (κ3) is 5.15. The van der Waals surface area contributed by atoms with Crippen LogP contribution in [0.25, 0.3) is 0 Å². The fourth-order valence-electron chi connectivity index (χ4n) is 5.87. The molecule has 0 bridgehead atoms. The highest BCUT2D eigenvalue weighted by atomic mass is 19.1. The molecule has 4 rings (SSSR count). The van der Waals surface area contributed by atoms with Gasteiger partial charge in [-0.25, -0.2) is 4.39 Å². The second kappa shape index (κ2) is 9.94. The van der Waals surface area contributed by atoms with Crippen molar-refractivity contribution in [3.05, 3.63) is 71.5 Å². The molecule has 2 aromatic carbocycles. The van der Waals surface area contributed by atoms with Crippen molar-refractivity contribution in [2.75, 3.05) is 33.7 Å². The Hall–Kier alpha value is -2.24. The number of carbonyl (C=O) groups excluding carboxylic acids is 1. The van der Waals surface area contributed by atoms with Crippen molar-refractivity contribution in [2.24, 2.45) is 5.92 Å². The molecule has 1 N–H and O–H groups in total. The highest BCUT2D eigenvalue weighted by Gasteiger charge is 2.49. The van der Waals surface area contributed by atoms with Crippen LogP contribution < -0.4 is 0 Å². The first-order chi connectivity index (χ1) is 15.8. The largest absolute Gasteiger partial charge is 0.375 e. The number of hydrogen-bond acceptors (Lipinski definition) is 2. The van der Waals surface area contributed by atoms with Gasteiger partial charge >= 0.3 is 0 Å². The molecule has 1 aliphatic carbocycles. The first-order valence-electron chi connectivity index (χ1n) is 12.4. The number of amides is 1. The van der Waals surface area contributed by atoms with Crippen molar-refractivity contribution < 1.29 is 18.8 Å². The maximum absolute atomic E-state index is 13.7. The van der Waals surface area contributed by atoms with Gasteiger partial charge in [-0.3, -0.25) is 4.79 Å². The predicted octanol–water partition coefficient (Wildman–Crippen LogP) is 4.51. The Morgan fingerprint density at radius 3 is 2.33 bits per heavy atom. The summed E-state index contributed by atoms with van der Waals surface area (Å²) in [7, 11) is 4.47. The highest BCUT2D eigenvalue weighted by Crippen LogP contribution is 2.42. The third-order valence-electron chi connectivity index (χ3n) is 8.09. The number of likely N-dealkylation sites (N-methyl/N-ethyl adjacent to an activating group) is 1. The lowest BCUT2D eigenvalue weighted by molar-refractivity contribution is -0.916. The molecule has 1 atom stereocenters. The van der Waals surface area contributed by atoms with Gasteiger partial charge in [-0.05, 0) is 36.1 Å². The van der Waals surface area contributed by atoms with Gasteiger partial charge in [0.2, 0.25) is 0 Å². The minimum Gasteiger partial charge on any atom is -0.375 e. The molecular weight excluding hydrogens is 415 g/mol. The van der Waals surface area contributed by atoms with E-state index in [-0.39, 0.29) is 17.6 Å². The van der Waals surface area contributed by atoms with Crippen molar-refractivity contribution in [2.45, 2.75) is 56.6 Å². The molecule has 1 amide bonds. The summed E-state index contributed by atoms with van der Waals surface area (Å²) in [6.45, 7) is 2.28. The fourth-order valence-corrected chi connectivity index (χ4v) is 5.87. The summed E-state index contributed by atoms with van der Waals surface area (Å²) in [5, 5.41) is 11.8. The second-order valence-corrected chi connectivity index (χ2v) is 10.5. The van der Waals surface area contributed by atoms with Crippen molar-refractivity contribution in [1.82, 2.24) is 4.90 Å². The summed E-state index contributed by atoms with van der Waals surface area (Å²) in [6.07, 6.45) is 6.61. The van der Waals surface area contributed by atoms with Gasteiger partial charge in [0.1, 0.15) is 5.82 Å². The van der Waals surface area contributed by atoms with E-state index < -0.39 is 5.60 Å². The fraction of sp³-hybridized carbons (Fsp3) is 0.536. The van der Waals surface area contributed by atoms with Gasteiger partial charge in [-0.2, -0.15) is 0 Å². The van der Waals surface area contributed by atoms with Gasteiger partial charge in [0, 0.05) is 38.3 Å². The van der Waals surface area contributed by atoms with E-state index in [1.165, 1.54) is 6.07 Å². The number of aliphatic hydroxyl groups is 1. The Labute approximate surface area is 197 Å². The number of nitrogens with zero attached hydrogens (tertiary/aromatic N) is 2. The lowest BCUT2D eigenvalue weighted by Gasteiger charge is -2.45. The molecule has 5 heteroatoms. The number of quaternary nitrogens is 1. The van der Waals surface area contributed by atoms with Gasteiger partial charge in [-0.15, -0.1) is 0 Å². The molecule has 178 valence electrons.